The van der Waals surface area contributed by atoms with Crippen molar-refractivity contribution in [2.45, 2.75) is 6.92 Å². The highest BCUT2D eigenvalue weighted by Crippen LogP contribution is 2.00. The fraction of sp³-hybridized carbons (Fsp3) is 0.143. The molecule has 1 aromatic carbocycles. The van der Waals surface area contributed by atoms with Crippen LogP contribution < -0.4 is 5.46 Å². The number of rotatable bonds is 0. The second-order valence-electron chi connectivity index (χ2n) is 2.01. The summed E-state index contributed by atoms with van der Waals surface area (Å²) in [6, 6.07) is 4.65. The maximum absolute atomic E-state index is 12.5. The molecule has 1 rings (SSSR count). The summed E-state index contributed by atoms with van der Waals surface area (Å²) in [6.45, 7) is 1.70. The Bertz CT molecular complexity index is 220. The number of hydrogen-bond acceptors (Lipinski definition) is 0. The Balaban J connectivity index is 3.17. The van der Waals surface area contributed by atoms with Crippen LogP contribution in [0.25, 0.3) is 0 Å². The highest BCUT2D eigenvalue weighted by Gasteiger charge is 1.88. The molecule has 0 saturated heterocycles. The zero-order valence-electron chi connectivity index (χ0n) is 5.19. The lowest BCUT2D eigenvalue weighted by atomic mass is 9.95. The number of hydrogen-bond donors (Lipinski definition) is 0. The van der Waals surface area contributed by atoms with Crippen LogP contribution in [-0.2, 0) is 0 Å². The molecule has 0 spiro atoms. The van der Waals surface area contributed by atoms with E-state index < -0.39 is 0 Å². The summed E-state index contributed by atoms with van der Waals surface area (Å²) >= 11 is 0. The Kier molecular flexibility index (Phi) is 1.56. The summed E-state index contributed by atoms with van der Waals surface area (Å²) in [5.41, 5.74) is 1.10. The molecule has 0 nitrogen and oxygen atoms in total. The standard InChI is InChI=1S/C7H6BF/c1-5-2-3-6(8)4-7(5)9/h2-4H,1H3/q-1. The summed E-state index contributed by atoms with van der Waals surface area (Å²) in [5, 5.41) is 0. The van der Waals surface area contributed by atoms with E-state index in [0.717, 1.165) is 0 Å². The summed E-state index contributed by atoms with van der Waals surface area (Å²) < 4.78 is 12.5. The molecule has 0 heterocycles. The lowest BCUT2D eigenvalue weighted by molar-refractivity contribution is 0.619. The van der Waals surface area contributed by atoms with Crippen LogP contribution in [0, 0.1) is 12.7 Å². The minimum atomic E-state index is -0.241. The lowest BCUT2D eigenvalue weighted by Crippen LogP contribution is -2.02. The fourth-order valence-corrected chi connectivity index (χ4v) is 0.609. The van der Waals surface area contributed by atoms with Crippen LogP contribution in [0.15, 0.2) is 18.2 Å². The second kappa shape index (κ2) is 2.22. The van der Waals surface area contributed by atoms with Crippen LogP contribution in [0.2, 0.25) is 0 Å². The zero-order valence-corrected chi connectivity index (χ0v) is 5.19. The molecule has 0 aliphatic carbocycles. The quantitative estimate of drug-likeness (QED) is 0.446. The van der Waals surface area contributed by atoms with Crippen molar-refractivity contribution in [1.29, 1.82) is 0 Å². The maximum atomic E-state index is 12.5. The van der Waals surface area contributed by atoms with Gasteiger partial charge in [-0.25, -0.2) is 4.39 Å². The first-order valence-corrected chi connectivity index (χ1v) is 2.72. The van der Waals surface area contributed by atoms with Crippen LogP contribution in [0.4, 0.5) is 4.39 Å². The van der Waals surface area contributed by atoms with E-state index >= 15 is 0 Å². The van der Waals surface area contributed by atoms with Gasteiger partial charge in [0.15, 0.2) is 0 Å². The lowest BCUT2D eigenvalue weighted by Gasteiger charge is -2.05. The van der Waals surface area contributed by atoms with Gasteiger partial charge in [-0.05, 0) is 12.5 Å². The molecule has 0 aliphatic heterocycles. The smallest absolute Gasteiger partial charge is 0.122 e. The minimum Gasteiger partial charge on any atom is -0.580 e. The maximum Gasteiger partial charge on any atom is 0.122 e. The molecule has 0 bridgehead atoms. The average Bonchev–Trinajstić information content (AvgIpc) is 1.80. The molecule has 1 aromatic rings. The second-order valence-corrected chi connectivity index (χ2v) is 2.01. The third kappa shape index (κ3) is 1.32. The van der Waals surface area contributed by atoms with Crippen LogP contribution in [-0.4, -0.2) is 7.85 Å². The van der Waals surface area contributed by atoms with Crippen molar-refractivity contribution < 1.29 is 4.39 Å². The molecule has 0 unspecified atom stereocenters. The largest absolute Gasteiger partial charge is 0.580 e. The van der Waals surface area contributed by atoms with Crippen molar-refractivity contribution >= 4 is 13.3 Å². The molecule has 45 valence electrons. The van der Waals surface area contributed by atoms with Gasteiger partial charge in [-0.2, -0.15) is 0 Å². The molecule has 3 radical (unpaired) electrons. The van der Waals surface area contributed by atoms with Crippen LogP contribution in [0.3, 0.4) is 0 Å². The molecule has 0 fully saturated rings. The number of halogens is 1. The van der Waals surface area contributed by atoms with Crippen molar-refractivity contribution in [3.63, 3.8) is 0 Å². The number of aryl methyl sites for hydroxylation is 1. The Morgan fingerprint density at radius 3 is 2.56 bits per heavy atom. The van der Waals surface area contributed by atoms with E-state index in [1.807, 2.05) is 0 Å². The van der Waals surface area contributed by atoms with Crippen LogP contribution >= 0.6 is 0 Å². The third-order valence-electron chi connectivity index (χ3n) is 1.20. The van der Waals surface area contributed by atoms with Crippen molar-refractivity contribution in [3.05, 3.63) is 29.6 Å². The van der Waals surface area contributed by atoms with Crippen LogP contribution in [0.1, 0.15) is 5.56 Å². The molecule has 0 aliphatic rings. The average molecular weight is 120 g/mol. The van der Waals surface area contributed by atoms with Gasteiger partial charge in [0, 0.05) is 0 Å². The van der Waals surface area contributed by atoms with Crippen molar-refractivity contribution in [2.24, 2.45) is 0 Å². The molecule has 9 heavy (non-hydrogen) atoms. The molecule has 0 atom stereocenters. The monoisotopic (exact) mass is 120 g/mol. The van der Waals surface area contributed by atoms with Gasteiger partial charge in [-0.1, -0.05) is 12.1 Å². The van der Waals surface area contributed by atoms with Gasteiger partial charge in [0.25, 0.3) is 0 Å². The van der Waals surface area contributed by atoms with E-state index in [0.29, 0.717) is 11.0 Å². The summed E-state index contributed by atoms with van der Waals surface area (Å²) in [7, 11) is 5.29. The van der Waals surface area contributed by atoms with Crippen molar-refractivity contribution in [3.8, 4) is 0 Å². The third-order valence-corrected chi connectivity index (χ3v) is 1.20. The predicted molar refractivity (Wildman–Crippen MR) is 36.5 cm³/mol. The van der Waals surface area contributed by atoms with Gasteiger partial charge >= 0.3 is 0 Å². The van der Waals surface area contributed by atoms with E-state index in [1.165, 1.54) is 6.07 Å². The van der Waals surface area contributed by atoms with E-state index in [2.05, 4.69) is 0 Å². The van der Waals surface area contributed by atoms with E-state index in [9.17, 15) is 4.39 Å². The first-order chi connectivity index (χ1) is 4.20. The highest BCUT2D eigenvalue weighted by atomic mass is 19.1. The Hall–Kier alpha value is -0.785. The SMILES string of the molecule is [B-]c1ccc(C)c(F)c1. The summed E-state index contributed by atoms with van der Waals surface area (Å²) in [5.74, 6) is -0.241. The minimum absolute atomic E-state index is 0.241. The first-order valence-electron chi connectivity index (χ1n) is 2.72. The van der Waals surface area contributed by atoms with Gasteiger partial charge in [-0.15, -0.1) is 6.07 Å². The fourth-order valence-electron chi connectivity index (χ4n) is 0.609. The zero-order chi connectivity index (χ0) is 6.85. The molecule has 0 saturated carbocycles. The van der Waals surface area contributed by atoms with E-state index in [1.54, 1.807) is 19.1 Å². The Morgan fingerprint density at radius 2 is 2.11 bits per heavy atom. The summed E-state index contributed by atoms with van der Waals surface area (Å²) in [6.07, 6.45) is 0. The van der Waals surface area contributed by atoms with Gasteiger partial charge < -0.3 is 13.3 Å². The summed E-state index contributed by atoms with van der Waals surface area (Å²) in [4.78, 5) is 0. The van der Waals surface area contributed by atoms with Gasteiger partial charge in [0.2, 0.25) is 0 Å². The molecular weight excluding hydrogens is 114 g/mol. The Labute approximate surface area is 55.1 Å². The van der Waals surface area contributed by atoms with Gasteiger partial charge in [0.05, 0.1) is 0 Å². The van der Waals surface area contributed by atoms with E-state index in [-0.39, 0.29) is 5.82 Å². The van der Waals surface area contributed by atoms with Crippen molar-refractivity contribution in [2.75, 3.05) is 0 Å². The molecule has 0 N–H and O–H groups in total. The van der Waals surface area contributed by atoms with E-state index in [4.69, 9.17) is 7.85 Å². The Morgan fingerprint density at radius 1 is 1.44 bits per heavy atom. The first kappa shape index (κ1) is 6.34. The molecule has 0 amide bonds. The normalized spacial score (nSPS) is 9.67. The highest BCUT2D eigenvalue weighted by molar-refractivity contribution is 6.32. The molecule has 2 heteroatoms. The predicted octanol–water partition coefficient (Wildman–Crippen LogP) is 0.928. The topological polar surface area (TPSA) is 0 Å². The number of benzene rings is 1. The van der Waals surface area contributed by atoms with Crippen molar-refractivity contribution in [1.82, 2.24) is 0 Å². The molecule has 0 aromatic heterocycles. The van der Waals surface area contributed by atoms with Gasteiger partial charge in [-0.3, -0.25) is 0 Å². The molecular formula is C7H6BF-. The van der Waals surface area contributed by atoms with Gasteiger partial charge in [0.1, 0.15) is 5.82 Å². The van der Waals surface area contributed by atoms with Crippen LogP contribution in [0.5, 0.6) is 0 Å².